The lowest BCUT2D eigenvalue weighted by atomic mass is 10.2. The van der Waals surface area contributed by atoms with E-state index in [0.717, 1.165) is 6.42 Å². The zero-order valence-corrected chi connectivity index (χ0v) is 11.0. The van der Waals surface area contributed by atoms with Gasteiger partial charge in [-0.15, -0.1) is 5.10 Å². The number of aromatic nitrogens is 3. The van der Waals surface area contributed by atoms with Crippen LogP contribution in [0.4, 0.5) is 8.78 Å². The summed E-state index contributed by atoms with van der Waals surface area (Å²) in [4.78, 5) is 0. The average molecular weight is 282 g/mol. The Bertz CT molecular complexity index is 559. The fourth-order valence-electron chi connectivity index (χ4n) is 1.79. The van der Waals surface area contributed by atoms with Gasteiger partial charge in [0.05, 0.1) is 24.5 Å². The minimum Gasteiger partial charge on any atom is -0.434 e. The monoisotopic (exact) mass is 282 g/mol. The predicted molar refractivity (Wildman–Crippen MR) is 69.4 cm³/mol. The molecular formula is C13H16F2N4O. The Balaban J connectivity index is 2.15. The molecule has 1 aromatic carbocycles. The highest BCUT2D eigenvalue weighted by Gasteiger charge is 2.12. The Morgan fingerprint density at radius 2 is 2.10 bits per heavy atom. The smallest absolute Gasteiger partial charge is 0.387 e. The van der Waals surface area contributed by atoms with Crippen molar-refractivity contribution in [2.45, 2.75) is 32.5 Å². The number of nitrogens with zero attached hydrogens (tertiary/aromatic N) is 3. The van der Waals surface area contributed by atoms with Crippen molar-refractivity contribution in [2.75, 3.05) is 0 Å². The van der Waals surface area contributed by atoms with Crippen LogP contribution in [0.3, 0.4) is 0 Å². The molecule has 1 heterocycles. The summed E-state index contributed by atoms with van der Waals surface area (Å²) in [5.74, 6) is 0.138. The molecule has 5 nitrogen and oxygen atoms in total. The molecule has 0 aliphatic heterocycles. The van der Waals surface area contributed by atoms with Gasteiger partial charge < -0.3 is 10.5 Å². The number of para-hydroxylation sites is 1. The molecule has 0 aliphatic rings. The van der Waals surface area contributed by atoms with Crippen LogP contribution in [0, 0.1) is 0 Å². The van der Waals surface area contributed by atoms with Crippen LogP contribution >= 0.6 is 0 Å². The number of nitrogens with two attached hydrogens (primary N) is 1. The fraction of sp³-hybridized carbons (Fsp3) is 0.385. The number of hydrogen-bond donors (Lipinski definition) is 1. The average Bonchev–Trinajstić information content (AvgIpc) is 2.88. The van der Waals surface area contributed by atoms with Crippen molar-refractivity contribution in [3.63, 3.8) is 0 Å². The molecule has 0 amide bonds. The SMILES string of the molecule is CCC(N)c1cn(Cc2ccccc2OC(F)F)nn1. The second-order valence-electron chi connectivity index (χ2n) is 4.34. The van der Waals surface area contributed by atoms with Crippen LogP contribution in [0.2, 0.25) is 0 Å². The third kappa shape index (κ3) is 3.51. The molecule has 0 bridgehead atoms. The topological polar surface area (TPSA) is 66.0 Å². The maximum atomic E-state index is 12.3. The third-order valence-electron chi connectivity index (χ3n) is 2.90. The van der Waals surface area contributed by atoms with Gasteiger partial charge in [0, 0.05) is 5.56 Å². The third-order valence-corrected chi connectivity index (χ3v) is 2.90. The molecule has 2 rings (SSSR count). The molecule has 0 radical (unpaired) electrons. The standard InChI is InChI=1S/C13H16F2N4O/c1-2-10(16)11-8-19(18-17-11)7-9-5-3-4-6-12(9)20-13(14)15/h3-6,8,10,13H,2,7,16H2,1H3. The Labute approximate surface area is 115 Å². The van der Waals surface area contributed by atoms with Crippen molar-refractivity contribution in [2.24, 2.45) is 5.73 Å². The van der Waals surface area contributed by atoms with E-state index < -0.39 is 6.61 Å². The molecule has 1 unspecified atom stereocenters. The van der Waals surface area contributed by atoms with Crippen LogP contribution in [0.15, 0.2) is 30.5 Å². The van der Waals surface area contributed by atoms with Gasteiger partial charge in [-0.05, 0) is 12.5 Å². The second-order valence-corrected chi connectivity index (χ2v) is 4.34. The van der Waals surface area contributed by atoms with E-state index in [1.165, 1.54) is 6.07 Å². The van der Waals surface area contributed by atoms with Crippen molar-refractivity contribution >= 4 is 0 Å². The molecule has 0 aliphatic carbocycles. The van der Waals surface area contributed by atoms with Crippen LogP contribution in [-0.2, 0) is 6.54 Å². The normalized spacial score (nSPS) is 12.7. The zero-order valence-electron chi connectivity index (χ0n) is 11.0. The first-order chi connectivity index (χ1) is 9.60. The maximum Gasteiger partial charge on any atom is 0.387 e. The Morgan fingerprint density at radius 3 is 2.80 bits per heavy atom. The van der Waals surface area contributed by atoms with Gasteiger partial charge in [0.25, 0.3) is 0 Å². The molecule has 20 heavy (non-hydrogen) atoms. The molecule has 0 fully saturated rings. The van der Waals surface area contributed by atoms with E-state index in [2.05, 4.69) is 15.0 Å². The van der Waals surface area contributed by atoms with E-state index in [0.29, 0.717) is 17.8 Å². The Hall–Kier alpha value is -2.02. The summed E-state index contributed by atoms with van der Waals surface area (Å²) in [6.07, 6.45) is 2.47. The molecule has 0 spiro atoms. The van der Waals surface area contributed by atoms with Crippen molar-refractivity contribution in [3.8, 4) is 5.75 Å². The molecule has 1 aromatic heterocycles. The lowest BCUT2D eigenvalue weighted by Crippen LogP contribution is -2.09. The summed E-state index contributed by atoms with van der Waals surface area (Å²) in [6, 6.07) is 6.43. The summed E-state index contributed by atoms with van der Waals surface area (Å²) in [6.45, 7) is -0.599. The van der Waals surface area contributed by atoms with Gasteiger partial charge in [-0.3, -0.25) is 0 Å². The number of benzene rings is 1. The van der Waals surface area contributed by atoms with Crippen molar-refractivity contribution in [1.82, 2.24) is 15.0 Å². The summed E-state index contributed by atoms with van der Waals surface area (Å²) in [5.41, 5.74) is 7.14. The van der Waals surface area contributed by atoms with Gasteiger partial charge in [0.1, 0.15) is 5.75 Å². The molecular weight excluding hydrogens is 266 g/mol. The molecule has 7 heteroatoms. The number of hydrogen-bond acceptors (Lipinski definition) is 4. The van der Waals surface area contributed by atoms with Crippen LogP contribution in [0.5, 0.6) is 5.75 Å². The van der Waals surface area contributed by atoms with Crippen molar-refractivity contribution in [3.05, 3.63) is 41.7 Å². The van der Waals surface area contributed by atoms with E-state index in [9.17, 15) is 8.78 Å². The van der Waals surface area contributed by atoms with Gasteiger partial charge >= 0.3 is 6.61 Å². The minimum atomic E-state index is -2.85. The molecule has 0 saturated heterocycles. The minimum absolute atomic E-state index is 0.138. The summed E-state index contributed by atoms with van der Waals surface area (Å²) in [7, 11) is 0. The first kappa shape index (κ1) is 14.4. The van der Waals surface area contributed by atoms with Crippen LogP contribution in [0.25, 0.3) is 0 Å². The lowest BCUT2D eigenvalue weighted by Gasteiger charge is -2.10. The quantitative estimate of drug-likeness (QED) is 0.883. The van der Waals surface area contributed by atoms with E-state index in [1.807, 2.05) is 6.92 Å². The van der Waals surface area contributed by atoms with Crippen LogP contribution in [0.1, 0.15) is 30.6 Å². The van der Waals surface area contributed by atoms with Gasteiger partial charge in [-0.2, -0.15) is 8.78 Å². The van der Waals surface area contributed by atoms with Crippen LogP contribution in [-0.4, -0.2) is 21.6 Å². The largest absolute Gasteiger partial charge is 0.434 e. The summed E-state index contributed by atoms with van der Waals surface area (Å²) < 4.78 is 30.7. The number of rotatable bonds is 6. The highest BCUT2D eigenvalue weighted by molar-refractivity contribution is 5.33. The maximum absolute atomic E-state index is 12.3. The zero-order chi connectivity index (χ0) is 14.5. The molecule has 0 saturated carbocycles. The van der Waals surface area contributed by atoms with Crippen molar-refractivity contribution < 1.29 is 13.5 Å². The Kier molecular flexibility index (Phi) is 4.62. The highest BCUT2D eigenvalue weighted by atomic mass is 19.3. The highest BCUT2D eigenvalue weighted by Crippen LogP contribution is 2.21. The van der Waals surface area contributed by atoms with Crippen LogP contribution < -0.4 is 10.5 Å². The first-order valence-electron chi connectivity index (χ1n) is 6.28. The molecule has 108 valence electrons. The second kappa shape index (κ2) is 6.42. The summed E-state index contributed by atoms with van der Waals surface area (Å²) in [5, 5.41) is 7.92. The molecule has 2 N–H and O–H groups in total. The first-order valence-corrected chi connectivity index (χ1v) is 6.28. The summed E-state index contributed by atoms with van der Waals surface area (Å²) >= 11 is 0. The van der Waals surface area contributed by atoms with E-state index >= 15 is 0 Å². The van der Waals surface area contributed by atoms with E-state index in [-0.39, 0.29) is 11.8 Å². The van der Waals surface area contributed by atoms with E-state index in [4.69, 9.17) is 5.73 Å². The van der Waals surface area contributed by atoms with Gasteiger partial charge in [-0.1, -0.05) is 30.3 Å². The van der Waals surface area contributed by atoms with Gasteiger partial charge in [0.2, 0.25) is 0 Å². The fourth-order valence-corrected chi connectivity index (χ4v) is 1.79. The van der Waals surface area contributed by atoms with E-state index in [1.54, 1.807) is 29.1 Å². The predicted octanol–water partition coefficient (Wildman–Crippen LogP) is 2.34. The Morgan fingerprint density at radius 1 is 1.35 bits per heavy atom. The van der Waals surface area contributed by atoms with Crippen molar-refractivity contribution in [1.29, 1.82) is 0 Å². The number of alkyl halides is 2. The molecule has 2 aromatic rings. The number of halogens is 2. The number of ether oxygens (including phenoxy) is 1. The van der Waals surface area contributed by atoms with Gasteiger partial charge in [-0.25, -0.2) is 4.68 Å². The van der Waals surface area contributed by atoms with Gasteiger partial charge in [0.15, 0.2) is 0 Å². The molecule has 1 atom stereocenters. The lowest BCUT2D eigenvalue weighted by molar-refractivity contribution is -0.0505.